The van der Waals surface area contributed by atoms with Crippen molar-refractivity contribution in [2.75, 3.05) is 0 Å². The summed E-state index contributed by atoms with van der Waals surface area (Å²) in [6.45, 7) is 7.85. The van der Waals surface area contributed by atoms with E-state index >= 15 is 0 Å². The van der Waals surface area contributed by atoms with Gasteiger partial charge in [0.05, 0.1) is 5.60 Å². The molecule has 0 aromatic carbocycles. The molecule has 2 rings (SSSR count). The molecule has 17 heavy (non-hydrogen) atoms. The fourth-order valence-corrected chi connectivity index (χ4v) is 3.65. The summed E-state index contributed by atoms with van der Waals surface area (Å²) in [5.74, 6) is 0.629. The van der Waals surface area contributed by atoms with Crippen molar-refractivity contribution in [1.82, 2.24) is 0 Å². The van der Waals surface area contributed by atoms with Gasteiger partial charge in [0.2, 0.25) is 0 Å². The molecule has 0 fully saturated rings. The van der Waals surface area contributed by atoms with E-state index in [1.165, 1.54) is 5.57 Å². The Morgan fingerprint density at radius 3 is 2.35 bits per heavy atom. The van der Waals surface area contributed by atoms with E-state index in [2.05, 4.69) is 13.8 Å². The summed E-state index contributed by atoms with van der Waals surface area (Å²) in [6, 6.07) is 0. The van der Waals surface area contributed by atoms with Crippen LogP contribution in [0, 0.1) is 17.8 Å². The van der Waals surface area contributed by atoms with Gasteiger partial charge in [0.25, 0.3) is 0 Å². The Hall–Kier alpha value is -0.370. The average Bonchev–Trinajstić information content (AvgIpc) is 2.51. The van der Waals surface area contributed by atoms with Crippen molar-refractivity contribution in [3.8, 4) is 0 Å². The molecule has 2 heteroatoms. The molecule has 0 bridgehead atoms. The first-order chi connectivity index (χ1) is 7.82. The van der Waals surface area contributed by atoms with Crippen molar-refractivity contribution in [3.05, 3.63) is 11.1 Å². The zero-order valence-electron chi connectivity index (χ0n) is 11.5. The topological polar surface area (TPSA) is 20.2 Å². The van der Waals surface area contributed by atoms with Crippen molar-refractivity contribution < 1.29 is 9.50 Å². The molecular formula is C15H25FO. The molecule has 0 radical (unpaired) electrons. The van der Waals surface area contributed by atoms with Crippen LogP contribution in [0.4, 0.5) is 4.39 Å². The highest BCUT2D eigenvalue weighted by molar-refractivity contribution is 5.30. The summed E-state index contributed by atoms with van der Waals surface area (Å²) in [6.07, 6.45) is 3.03. The lowest BCUT2D eigenvalue weighted by Crippen LogP contribution is -2.38. The first kappa shape index (κ1) is 13.1. The van der Waals surface area contributed by atoms with Crippen molar-refractivity contribution in [1.29, 1.82) is 0 Å². The number of hydrogen-bond donors (Lipinski definition) is 1. The molecule has 0 spiro atoms. The lowest BCUT2D eigenvalue weighted by molar-refractivity contribution is -0.0170. The minimum absolute atomic E-state index is 0.238. The number of hydrogen-bond acceptors (Lipinski definition) is 1. The number of aliphatic hydroxyl groups is 1. The highest BCUT2D eigenvalue weighted by Gasteiger charge is 2.42. The molecule has 4 atom stereocenters. The van der Waals surface area contributed by atoms with E-state index < -0.39 is 11.8 Å². The average molecular weight is 240 g/mol. The highest BCUT2D eigenvalue weighted by Crippen LogP contribution is 2.47. The molecule has 0 aromatic rings. The maximum atomic E-state index is 14.8. The Labute approximate surface area is 104 Å². The molecule has 0 saturated heterocycles. The number of allylic oxidation sites excluding steroid dienone is 2. The molecule has 1 nitrogen and oxygen atoms in total. The van der Waals surface area contributed by atoms with Crippen molar-refractivity contribution in [2.24, 2.45) is 17.8 Å². The smallest absolute Gasteiger partial charge is 0.127 e. The highest BCUT2D eigenvalue weighted by atomic mass is 19.1. The summed E-state index contributed by atoms with van der Waals surface area (Å²) < 4.78 is 14.8. The monoisotopic (exact) mass is 240 g/mol. The minimum Gasteiger partial charge on any atom is -0.390 e. The van der Waals surface area contributed by atoms with Crippen LogP contribution in [-0.2, 0) is 0 Å². The quantitative estimate of drug-likeness (QED) is 0.690. The fraction of sp³-hybridized carbons (Fsp3) is 0.867. The second-order valence-corrected chi connectivity index (χ2v) is 6.56. The number of rotatable bonds is 1. The van der Waals surface area contributed by atoms with Crippen LogP contribution in [0.3, 0.4) is 0 Å². The number of halogens is 1. The van der Waals surface area contributed by atoms with Gasteiger partial charge in [-0.05, 0) is 56.9 Å². The van der Waals surface area contributed by atoms with Crippen LogP contribution in [0.15, 0.2) is 11.1 Å². The van der Waals surface area contributed by atoms with Crippen molar-refractivity contribution >= 4 is 0 Å². The van der Waals surface area contributed by atoms with Crippen LogP contribution in [0.25, 0.3) is 0 Å². The van der Waals surface area contributed by atoms with Crippen LogP contribution in [0.5, 0.6) is 0 Å². The Morgan fingerprint density at radius 2 is 1.76 bits per heavy atom. The first-order valence-corrected chi connectivity index (χ1v) is 6.91. The molecule has 2 aliphatic carbocycles. The summed E-state index contributed by atoms with van der Waals surface area (Å²) in [4.78, 5) is 0. The molecule has 0 saturated carbocycles. The summed E-state index contributed by atoms with van der Waals surface area (Å²) in [7, 11) is 0. The Kier molecular flexibility index (Phi) is 3.37. The van der Waals surface area contributed by atoms with Crippen LogP contribution in [0.2, 0.25) is 0 Å². The molecule has 1 N–H and O–H groups in total. The van der Waals surface area contributed by atoms with E-state index in [0.29, 0.717) is 11.8 Å². The predicted molar refractivity (Wildman–Crippen MR) is 68.5 cm³/mol. The van der Waals surface area contributed by atoms with Gasteiger partial charge in [-0.1, -0.05) is 19.4 Å². The Morgan fingerprint density at radius 1 is 1.12 bits per heavy atom. The lowest BCUT2D eigenvalue weighted by atomic mass is 9.80. The molecule has 1 unspecified atom stereocenters. The molecule has 0 aliphatic heterocycles. The van der Waals surface area contributed by atoms with Crippen LogP contribution in [0.1, 0.15) is 53.4 Å². The summed E-state index contributed by atoms with van der Waals surface area (Å²) >= 11 is 0. The van der Waals surface area contributed by atoms with Gasteiger partial charge in [-0.3, -0.25) is 0 Å². The maximum Gasteiger partial charge on any atom is 0.127 e. The fourth-order valence-electron chi connectivity index (χ4n) is 3.65. The third kappa shape index (κ3) is 2.29. The van der Waals surface area contributed by atoms with Crippen LogP contribution < -0.4 is 0 Å². The van der Waals surface area contributed by atoms with E-state index in [1.807, 2.05) is 0 Å². The van der Waals surface area contributed by atoms with E-state index in [1.54, 1.807) is 13.8 Å². The molecule has 2 aliphatic rings. The zero-order chi connectivity index (χ0) is 12.8. The van der Waals surface area contributed by atoms with E-state index in [0.717, 1.165) is 31.3 Å². The molecule has 0 aromatic heterocycles. The molecule has 0 amide bonds. The third-order valence-corrected chi connectivity index (χ3v) is 4.81. The van der Waals surface area contributed by atoms with Gasteiger partial charge in [0.15, 0.2) is 0 Å². The minimum atomic E-state index is -0.938. The van der Waals surface area contributed by atoms with Gasteiger partial charge in [0.1, 0.15) is 6.17 Å². The van der Waals surface area contributed by atoms with Crippen LogP contribution in [-0.4, -0.2) is 16.9 Å². The zero-order valence-corrected chi connectivity index (χ0v) is 11.5. The number of alkyl halides is 1. The van der Waals surface area contributed by atoms with Gasteiger partial charge in [-0.15, -0.1) is 0 Å². The lowest BCUT2D eigenvalue weighted by Gasteiger charge is -2.32. The summed E-state index contributed by atoms with van der Waals surface area (Å²) in [5, 5.41) is 10.2. The SMILES string of the molecule is C[C@H]1CC[C@@H](C(C)(C)O)C(F)C2=C1CC[C@@H]2C. The normalized spacial score (nSPS) is 39.2. The van der Waals surface area contributed by atoms with Gasteiger partial charge in [-0.2, -0.15) is 0 Å². The van der Waals surface area contributed by atoms with Gasteiger partial charge in [0, 0.05) is 5.92 Å². The second kappa shape index (κ2) is 4.38. The first-order valence-electron chi connectivity index (χ1n) is 6.91. The Bertz CT molecular complexity index is 326. The van der Waals surface area contributed by atoms with Gasteiger partial charge >= 0.3 is 0 Å². The predicted octanol–water partition coefficient (Wildman–Crippen LogP) is 3.87. The van der Waals surface area contributed by atoms with Crippen molar-refractivity contribution in [3.63, 3.8) is 0 Å². The van der Waals surface area contributed by atoms with Crippen molar-refractivity contribution in [2.45, 2.75) is 65.2 Å². The maximum absolute atomic E-state index is 14.8. The van der Waals surface area contributed by atoms with E-state index in [-0.39, 0.29) is 5.92 Å². The second-order valence-electron chi connectivity index (χ2n) is 6.56. The standard InChI is InChI=1S/C15H25FO/c1-9-6-8-12(15(3,4)17)14(16)13-10(2)5-7-11(9)13/h9-10,12,14,17H,5-8H2,1-4H3/t9-,10-,12+,14?/m0/s1. The summed E-state index contributed by atoms with van der Waals surface area (Å²) in [5.41, 5.74) is 1.48. The largest absolute Gasteiger partial charge is 0.390 e. The van der Waals surface area contributed by atoms with Gasteiger partial charge < -0.3 is 5.11 Å². The molecular weight excluding hydrogens is 215 g/mol. The van der Waals surface area contributed by atoms with Gasteiger partial charge in [-0.25, -0.2) is 4.39 Å². The molecule has 98 valence electrons. The van der Waals surface area contributed by atoms with Crippen LogP contribution >= 0.6 is 0 Å². The molecule has 0 heterocycles. The van der Waals surface area contributed by atoms with E-state index in [4.69, 9.17) is 0 Å². The Balaban J connectivity index is 2.35. The third-order valence-electron chi connectivity index (χ3n) is 4.81. The van der Waals surface area contributed by atoms with E-state index in [9.17, 15) is 9.50 Å².